The van der Waals surface area contributed by atoms with E-state index in [9.17, 15) is 8.42 Å². The molecule has 19 heavy (non-hydrogen) atoms. The fraction of sp³-hybridized carbons (Fsp3) is 0.455. The predicted molar refractivity (Wildman–Crippen MR) is 74.1 cm³/mol. The lowest BCUT2D eigenvalue weighted by atomic mass is 10.3. The molecule has 3 N–H and O–H groups in total. The molecule has 1 saturated carbocycles. The van der Waals surface area contributed by atoms with Gasteiger partial charge in [0, 0.05) is 18.8 Å². The third-order valence-corrected chi connectivity index (χ3v) is 5.01. The van der Waals surface area contributed by atoms with E-state index in [2.05, 4.69) is 4.98 Å². The number of hydrogen-bond acceptors (Lipinski definition) is 5. The van der Waals surface area contributed by atoms with Gasteiger partial charge in [0.25, 0.3) is 0 Å². The monoisotopic (exact) mass is 301 g/mol. The molecule has 6 nitrogen and oxygen atoms in total. The van der Waals surface area contributed by atoms with Gasteiger partial charge in [-0.25, -0.2) is 8.42 Å². The molecule has 0 atom stereocenters. The molecule has 1 heterocycles. The topological polar surface area (TPSA) is 96.5 Å². The summed E-state index contributed by atoms with van der Waals surface area (Å²) in [5, 5.41) is 8.99. The zero-order chi connectivity index (χ0) is 14.0. The number of sulfonamides is 1. The van der Waals surface area contributed by atoms with Crippen LogP contribution in [0.3, 0.4) is 0 Å². The number of hydrogen-bond donors (Lipinski definition) is 2. The van der Waals surface area contributed by atoms with E-state index in [-0.39, 0.29) is 29.1 Å². The summed E-state index contributed by atoms with van der Waals surface area (Å²) in [5.74, 6) is 0. The molecule has 0 amide bonds. The molecule has 104 valence electrons. The highest BCUT2D eigenvalue weighted by atomic mass is 32.2. The lowest BCUT2D eigenvalue weighted by Gasteiger charge is -2.20. The average Bonchev–Trinajstić information content (AvgIpc) is 3.20. The Labute approximate surface area is 117 Å². The van der Waals surface area contributed by atoms with Gasteiger partial charge in [-0.1, -0.05) is 12.2 Å². The summed E-state index contributed by atoms with van der Waals surface area (Å²) in [4.78, 5) is 4.15. The van der Waals surface area contributed by atoms with Gasteiger partial charge >= 0.3 is 0 Å². The zero-order valence-electron chi connectivity index (χ0n) is 10.2. The van der Waals surface area contributed by atoms with E-state index >= 15 is 0 Å². The Hall–Kier alpha value is -1.09. The van der Waals surface area contributed by atoms with Crippen molar-refractivity contribution >= 4 is 27.2 Å². The van der Waals surface area contributed by atoms with Gasteiger partial charge in [0.15, 0.2) is 0 Å². The maximum Gasteiger partial charge on any atom is 0.244 e. The largest absolute Gasteiger partial charge is 0.395 e. The molecule has 0 unspecified atom stereocenters. The maximum atomic E-state index is 12.4. The first-order valence-electron chi connectivity index (χ1n) is 5.85. The zero-order valence-corrected chi connectivity index (χ0v) is 11.8. The minimum absolute atomic E-state index is 0.00703. The van der Waals surface area contributed by atoms with Crippen molar-refractivity contribution in [2.75, 3.05) is 13.2 Å². The minimum atomic E-state index is -3.62. The number of nitrogens with two attached hydrogens (primary N) is 1. The van der Waals surface area contributed by atoms with Crippen LogP contribution in [0.1, 0.15) is 18.5 Å². The van der Waals surface area contributed by atoms with Gasteiger partial charge < -0.3 is 10.8 Å². The minimum Gasteiger partial charge on any atom is -0.395 e. The average molecular weight is 301 g/mol. The van der Waals surface area contributed by atoms with Crippen LogP contribution in [-0.2, 0) is 10.0 Å². The Morgan fingerprint density at radius 3 is 2.63 bits per heavy atom. The SMILES string of the molecule is NC(=S)c1ccc(S(=O)(=O)N(CCO)C2CC2)cn1. The molecule has 0 spiro atoms. The summed E-state index contributed by atoms with van der Waals surface area (Å²) in [6.45, 7) is -0.0990. The molecule has 0 radical (unpaired) electrons. The molecule has 8 heteroatoms. The number of aliphatic hydroxyl groups is 1. The van der Waals surface area contributed by atoms with Crippen LogP contribution in [0.25, 0.3) is 0 Å². The normalized spacial score (nSPS) is 15.7. The molecule has 1 fully saturated rings. The van der Waals surface area contributed by atoms with Crippen molar-refractivity contribution < 1.29 is 13.5 Å². The van der Waals surface area contributed by atoms with E-state index in [0.717, 1.165) is 12.8 Å². The van der Waals surface area contributed by atoms with Gasteiger partial charge in [-0.15, -0.1) is 0 Å². The number of pyridine rings is 1. The van der Waals surface area contributed by atoms with Crippen molar-refractivity contribution in [2.24, 2.45) is 5.73 Å². The second-order valence-electron chi connectivity index (χ2n) is 4.31. The third kappa shape index (κ3) is 3.08. The van der Waals surface area contributed by atoms with Crippen LogP contribution in [-0.4, -0.2) is 47.0 Å². The molecule has 2 rings (SSSR count). The van der Waals surface area contributed by atoms with Crippen LogP contribution < -0.4 is 5.73 Å². The number of aliphatic hydroxyl groups excluding tert-OH is 1. The van der Waals surface area contributed by atoms with Crippen LogP contribution >= 0.6 is 12.2 Å². The van der Waals surface area contributed by atoms with E-state index in [1.165, 1.54) is 22.6 Å². The summed E-state index contributed by atoms with van der Waals surface area (Å²) in [7, 11) is -3.62. The summed E-state index contributed by atoms with van der Waals surface area (Å²) < 4.78 is 26.1. The fourth-order valence-corrected chi connectivity index (χ4v) is 3.52. The van der Waals surface area contributed by atoms with Crippen LogP contribution in [0.4, 0.5) is 0 Å². The molecule has 1 aliphatic rings. The van der Waals surface area contributed by atoms with Gasteiger partial charge in [-0.05, 0) is 25.0 Å². The number of rotatable bonds is 6. The summed E-state index contributed by atoms with van der Waals surface area (Å²) >= 11 is 4.77. The molecule has 1 aromatic heterocycles. The van der Waals surface area contributed by atoms with Crippen molar-refractivity contribution in [2.45, 2.75) is 23.8 Å². The fourth-order valence-electron chi connectivity index (χ4n) is 1.77. The van der Waals surface area contributed by atoms with Crippen molar-refractivity contribution in [1.82, 2.24) is 9.29 Å². The van der Waals surface area contributed by atoms with E-state index in [0.29, 0.717) is 5.69 Å². The van der Waals surface area contributed by atoms with Crippen molar-refractivity contribution in [3.8, 4) is 0 Å². The number of thiocarbonyl (C=S) groups is 1. The number of aromatic nitrogens is 1. The Balaban J connectivity index is 2.29. The van der Waals surface area contributed by atoms with Crippen LogP contribution in [0.5, 0.6) is 0 Å². The highest BCUT2D eigenvalue weighted by molar-refractivity contribution is 7.89. The third-order valence-electron chi connectivity index (χ3n) is 2.87. The quantitative estimate of drug-likeness (QED) is 0.710. The van der Waals surface area contributed by atoms with Gasteiger partial charge in [-0.3, -0.25) is 4.98 Å². The molecular formula is C11H15N3O3S2. The standard InChI is InChI=1S/C11H15N3O3S2/c12-11(18)10-4-3-9(7-13-10)19(16,17)14(5-6-15)8-1-2-8/h3-4,7-8,15H,1-2,5-6H2,(H2,12,18). The molecule has 1 aliphatic carbocycles. The van der Waals surface area contributed by atoms with E-state index in [1.807, 2.05) is 0 Å². The van der Waals surface area contributed by atoms with Crippen LogP contribution in [0.2, 0.25) is 0 Å². The number of nitrogens with zero attached hydrogens (tertiary/aromatic N) is 2. The lowest BCUT2D eigenvalue weighted by Crippen LogP contribution is -2.35. The van der Waals surface area contributed by atoms with Gasteiger partial charge in [0.2, 0.25) is 10.0 Å². The molecule has 0 bridgehead atoms. The molecule has 1 aromatic rings. The second-order valence-corrected chi connectivity index (χ2v) is 6.64. The van der Waals surface area contributed by atoms with Crippen molar-refractivity contribution in [3.63, 3.8) is 0 Å². The van der Waals surface area contributed by atoms with Crippen molar-refractivity contribution in [1.29, 1.82) is 0 Å². The summed E-state index contributed by atoms with van der Waals surface area (Å²) in [6, 6.07) is 2.91. The molecule has 0 saturated heterocycles. The summed E-state index contributed by atoms with van der Waals surface area (Å²) in [6.07, 6.45) is 2.91. The van der Waals surface area contributed by atoms with Gasteiger partial charge in [0.05, 0.1) is 12.3 Å². The first kappa shape index (κ1) is 14.3. The Morgan fingerprint density at radius 2 is 2.21 bits per heavy atom. The second kappa shape index (κ2) is 5.49. The molecule has 0 aromatic carbocycles. The van der Waals surface area contributed by atoms with E-state index in [4.69, 9.17) is 23.1 Å². The van der Waals surface area contributed by atoms with E-state index in [1.54, 1.807) is 0 Å². The molecule has 0 aliphatic heterocycles. The highest BCUT2D eigenvalue weighted by Crippen LogP contribution is 2.31. The lowest BCUT2D eigenvalue weighted by molar-refractivity contribution is 0.250. The Morgan fingerprint density at radius 1 is 1.53 bits per heavy atom. The highest BCUT2D eigenvalue weighted by Gasteiger charge is 2.37. The van der Waals surface area contributed by atoms with Crippen LogP contribution in [0, 0.1) is 0 Å². The molecular weight excluding hydrogens is 286 g/mol. The predicted octanol–water partition coefficient (Wildman–Crippen LogP) is -0.139. The van der Waals surface area contributed by atoms with Gasteiger partial charge in [0.1, 0.15) is 9.88 Å². The van der Waals surface area contributed by atoms with Crippen molar-refractivity contribution in [3.05, 3.63) is 24.0 Å². The first-order chi connectivity index (χ1) is 8.96. The maximum absolute atomic E-state index is 12.4. The Kier molecular flexibility index (Phi) is 4.14. The van der Waals surface area contributed by atoms with Crippen LogP contribution in [0.15, 0.2) is 23.2 Å². The summed E-state index contributed by atoms with van der Waals surface area (Å²) in [5.41, 5.74) is 5.80. The smallest absolute Gasteiger partial charge is 0.244 e. The van der Waals surface area contributed by atoms with Gasteiger partial charge in [-0.2, -0.15) is 4.31 Å². The van der Waals surface area contributed by atoms with E-state index < -0.39 is 10.0 Å². The first-order valence-corrected chi connectivity index (χ1v) is 7.70. The Bertz CT molecular complexity index is 567.